The molecule has 6 nitrogen and oxygen atoms in total. The van der Waals surface area contributed by atoms with E-state index in [4.69, 9.17) is 14.2 Å². The van der Waals surface area contributed by atoms with Gasteiger partial charge >= 0.3 is 7.12 Å². The van der Waals surface area contributed by atoms with Gasteiger partial charge in [-0.3, -0.25) is 4.79 Å². The minimum Gasteiger partial charge on any atom is -0.488 e. The van der Waals surface area contributed by atoms with E-state index in [2.05, 4.69) is 0 Å². The first kappa shape index (κ1) is 24.5. The summed E-state index contributed by atoms with van der Waals surface area (Å²) in [6.07, 6.45) is 0.790. The highest BCUT2D eigenvalue weighted by molar-refractivity contribution is 6.58. The lowest BCUT2D eigenvalue weighted by Crippen LogP contribution is -2.29. The van der Waals surface area contributed by atoms with Crippen LogP contribution < -0.4 is 14.9 Å². The van der Waals surface area contributed by atoms with Crippen molar-refractivity contribution in [2.75, 3.05) is 13.9 Å². The van der Waals surface area contributed by atoms with E-state index in [0.29, 0.717) is 22.5 Å². The Bertz CT molecular complexity index is 1580. The van der Waals surface area contributed by atoms with Gasteiger partial charge in [0.15, 0.2) is 13.1 Å². The van der Waals surface area contributed by atoms with Crippen molar-refractivity contribution in [3.05, 3.63) is 102 Å². The van der Waals surface area contributed by atoms with E-state index in [1.165, 1.54) is 7.11 Å². The zero-order chi connectivity index (χ0) is 25.8. The van der Waals surface area contributed by atoms with E-state index in [-0.39, 0.29) is 13.4 Å². The Labute approximate surface area is 214 Å². The molecule has 0 fully saturated rings. The van der Waals surface area contributed by atoms with E-state index >= 15 is 0 Å². The largest absolute Gasteiger partial charge is 0.488 e. The predicted molar refractivity (Wildman–Crippen MR) is 145 cm³/mol. The van der Waals surface area contributed by atoms with Crippen molar-refractivity contribution >= 4 is 40.4 Å². The zero-order valence-corrected chi connectivity index (χ0v) is 20.3. The van der Waals surface area contributed by atoms with Gasteiger partial charge in [0.05, 0.1) is 5.56 Å². The first-order valence-electron chi connectivity index (χ1n) is 11.8. The van der Waals surface area contributed by atoms with Crippen molar-refractivity contribution in [3.8, 4) is 22.6 Å². The summed E-state index contributed by atoms with van der Waals surface area (Å²) in [4.78, 5) is 12.2. The molecule has 0 radical (unpaired) electrons. The summed E-state index contributed by atoms with van der Waals surface area (Å²) in [6, 6.07) is 28.5. The van der Waals surface area contributed by atoms with Crippen LogP contribution in [0.3, 0.4) is 0 Å². The molecule has 0 aliphatic carbocycles. The summed E-state index contributed by atoms with van der Waals surface area (Å²) in [5, 5.41) is 22.9. The Balaban J connectivity index is 1.74. The Morgan fingerprint density at radius 3 is 2.24 bits per heavy atom. The molecule has 0 unspecified atom stereocenters. The van der Waals surface area contributed by atoms with Gasteiger partial charge in [0.2, 0.25) is 0 Å². The van der Waals surface area contributed by atoms with E-state index in [0.717, 1.165) is 44.5 Å². The lowest BCUT2D eigenvalue weighted by molar-refractivity contribution is 0.0510. The van der Waals surface area contributed by atoms with Crippen LogP contribution in [0.15, 0.2) is 91.0 Å². The lowest BCUT2D eigenvalue weighted by Gasteiger charge is -2.21. The standard InChI is InChI=1S/C30H25BO6/c1-35-19-37-30-23(17-32)16-22-9-3-5-12-26(22)29(30)28-25-11-4-2-8-21(25)13-14-27(28)36-18-20-7-6-10-24(15-20)31(33)34/h2-17,33-34H,18-19H2,1H3. The number of carbonyl (C=O) groups is 1. The van der Waals surface area contributed by atoms with Gasteiger partial charge in [0.1, 0.15) is 18.1 Å². The first-order chi connectivity index (χ1) is 18.1. The smallest absolute Gasteiger partial charge is 0.488 e. The van der Waals surface area contributed by atoms with Gasteiger partial charge in [0.25, 0.3) is 0 Å². The Hall–Kier alpha value is -4.17. The molecule has 0 aromatic heterocycles. The van der Waals surface area contributed by atoms with Crippen molar-refractivity contribution in [1.82, 2.24) is 0 Å². The normalized spacial score (nSPS) is 11.0. The van der Waals surface area contributed by atoms with E-state index in [1.54, 1.807) is 18.2 Å². The van der Waals surface area contributed by atoms with Crippen LogP contribution >= 0.6 is 0 Å². The van der Waals surface area contributed by atoms with E-state index < -0.39 is 7.12 Å². The number of hydrogen-bond donors (Lipinski definition) is 2. The topological polar surface area (TPSA) is 85.2 Å². The molecule has 0 saturated heterocycles. The fraction of sp³-hybridized carbons (Fsp3) is 0.100. The molecule has 37 heavy (non-hydrogen) atoms. The maximum Gasteiger partial charge on any atom is 0.488 e. The summed E-state index contributed by atoms with van der Waals surface area (Å²) in [6.45, 7) is 0.175. The summed E-state index contributed by atoms with van der Waals surface area (Å²) in [7, 11) is -0.0281. The van der Waals surface area contributed by atoms with Crippen LogP contribution in [0.2, 0.25) is 0 Å². The monoisotopic (exact) mass is 492 g/mol. The van der Waals surface area contributed by atoms with Crippen LogP contribution in [0, 0.1) is 0 Å². The van der Waals surface area contributed by atoms with Gasteiger partial charge in [-0.05, 0) is 44.7 Å². The maximum absolute atomic E-state index is 12.2. The second-order valence-electron chi connectivity index (χ2n) is 8.63. The highest BCUT2D eigenvalue weighted by Gasteiger charge is 2.22. The molecule has 0 aliphatic heterocycles. The number of ether oxygens (including phenoxy) is 3. The van der Waals surface area contributed by atoms with Crippen LogP contribution in [-0.4, -0.2) is 37.4 Å². The van der Waals surface area contributed by atoms with Crippen LogP contribution in [0.1, 0.15) is 15.9 Å². The van der Waals surface area contributed by atoms with Gasteiger partial charge in [-0.2, -0.15) is 0 Å². The SMILES string of the molecule is COCOc1c(C=O)cc2ccccc2c1-c1c(OCc2cccc(B(O)O)c2)ccc2ccccc12. The summed E-state index contributed by atoms with van der Waals surface area (Å²) in [5.41, 5.74) is 3.12. The molecule has 0 saturated carbocycles. The quantitative estimate of drug-likeness (QED) is 0.176. The van der Waals surface area contributed by atoms with E-state index in [1.807, 2.05) is 72.8 Å². The minimum atomic E-state index is -1.56. The average molecular weight is 492 g/mol. The van der Waals surface area contributed by atoms with E-state index in [9.17, 15) is 14.8 Å². The van der Waals surface area contributed by atoms with Gasteiger partial charge in [-0.15, -0.1) is 0 Å². The van der Waals surface area contributed by atoms with Crippen LogP contribution in [0.5, 0.6) is 11.5 Å². The number of carbonyl (C=O) groups excluding carboxylic acids is 1. The lowest BCUT2D eigenvalue weighted by atomic mass is 9.80. The third kappa shape index (κ3) is 4.93. The second-order valence-corrected chi connectivity index (χ2v) is 8.63. The zero-order valence-electron chi connectivity index (χ0n) is 20.3. The molecule has 0 amide bonds. The summed E-state index contributed by atoms with van der Waals surface area (Å²) >= 11 is 0. The second kappa shape index (κ2) is 10.8. The molecule has 5 aromatic rings. The maximum atomic E-state index is 12.2. The molecule has 5 aromatic carbocycles. The summed E-state index contributed by atoms with van der Waals surface area (Å²) in [5.74, 6) is 1.02. The molecule has 0 bridgehead atoms. The fourth-order valence-electron chi connectivity index (χ4n) is 4.59. The molecule has 0 heterocycles. The third-order valence-electron chi connectivity index (χ3n) is 6.26. The minimum absolute atomic E-state index is 0.0244. The molecule has 5 rings (SSSR count). The van der Waals surface area contributed by atoms with Crippen molar-refractivity contribution in [2.45, 2.75) is 6.61 Å². The molecule has 0 aliphatic rings. The molecule has 184 valence electrons. The predicted octanol–water partition coefficient (Wildman–Crippen LogP) is 4.71. The van der Waals surface area contributed by atoms with Gasteiger partial charge < -0.3 is 24.3 Å². The van der Waals surface area contributed by atoms with Crippen molar-refractivity contribution in [2.24, 2.45) is 0 Å². The molecular weight excluding hydrogens is 467 g/mol. The van der Waals surface area contributed by atoms with Crippen LogP contribution in [0.4, 0.5) is 0 Å². The fourth-order valence-corrected chi connectivity index (χ4v) is 4.59. The Kier molecular flexibility index (Phi) is 7.19. The number of methoxy groups -OCH3 is 1. The highest BCUT2D eigenvalue weighted by atomic mass is 16.7. The number of rotatable bonds is 9. The Morgan fingerprint density at radius 1 is 0.784 bits per heavy atom. The van der Waals surface area contributed by atoms with Crippen molar-refractivity contribution < 1.29 is 29.1 Å². The summed E-state index contributed by atoms with van der Waals surface area (Å²) < 4.78 is 17.6. The molecule has 7 heteroatoms. The molecule has 0 atom stereocenters. The van der Waals surface area contributed by atoms with Gasteiger partial charge in [-0.25, -0.2) is 0 Å². The van der Waals surface area contributed by atoms with Gasteiger partial charge in [-0.1, -0.05) is 78.9 Å². The first-order valence-corrected chi connectivity index (χ1v) is 11.8. The third-order valence-corrected chi connectivity index (χ3v) is 6.26. The van der Waals surface area contributed by atoms with Crippen molar-refractivity contribution in [3.63, 3.8) is 0 Å². The number of fused-ring (bicyclic) bond motifs is 2. The number of benzene rings is 5. The molecule has 2 N–H and O–H groups in total. The average Bonchev–Trinajstić information content (AvgIpc) is 2.94. The Morgan fingerprint density at radius 2 is 1.51 bits per heavy atom. The molecule has 0 spiro atoms. The number of hydrogen-bond acceptors (Lipinski definition) is 6. The van der Waals surface area contributed by atoms with Crippen LogP contribution in [0.25, 0.3) is 32.7 Å². The van der Waals surface area contributed by atoms with Gasteiger partial charge in [0, 0.05) is 18.2 Å². The molecular formula is C30H25BO6. The number of aldehydes is 1. The van der Waals surface area contributed by atoms with Crippen LogP contribution in [-0.2, 0) is 11.3 Å². The highest BCUT2D eigenvalue weighted by Crippen LogP contribution is 2.47. The van der Waals surface area contributed by atoms with Crippen molar-refractivity contribution in [1.29, 1.82) is 0 Å².